The van der Waals surface area contributed by atoms with E-state index >= 15 is 0 Å². The Bertz CT molecular complexity index is 1130. The molecule has 0 amide bonds. The molecule has 1 aromatic carbocycles. The first kappa shape index (κ1) is 23.7. The van der Waals surface area contributed by atoms with Crippen LogP contribution < -0.4 is 25.6 Å². The Morgan fingerprint density at radius 1 is 1.21 bits per heavy atom. The number of rotatable bonds is 9. The van der Waals surface area contributed by atoms with E-state index < -0.39 is 0 Å². The van der Waals surface area contributed by atoms with E-state index in [2.05, 4.69) is 30.8 Å². The number of anilines is 4. The summed E-state index contributed by atoms with van der Waals surface area (Å²) in [5.74, 6) is 2.36. The van der Waals surface area contributed by atoms with E-state index in [0.29, 0.717) is 40.6 Å². The van der Waals surface area contributed by atoms with Gasteiger partial charge in [-0.25, -0.2) is 9.78 Å². The highest BCUT2D eigenvalue weighted by Gasteiger charge is 2.19. The Hall–Kier alpha value is -3.44. The number of aryl methyl sites for hydroxylation is 1. The fraction of sp³-hybridized carbons (Fsp3) is 0.391. The minimum Gasteiger partial charge on any atom is -0.497 e. The van der Waals surface area contributed by atoms with Gasteiger partial charge in [-0.05, 0) is 31.5 Å². The number of methoxy groups -OCH3 is 1. The number of carbonyl (C=O) groups is 1. The molecule has 10 nitrogen and oxygen atoms in total. The van der Waals surface area contributed by atoms with Crippen molar-refractivity contribution in [2.75, 3.05) is 55.4 Å². The number of nitrogens with one attached hydrogen (secondary N) is 3. The second-order valence-electron chi connectivity index (χ2n) is 7.66. The summed E-state index contributed by atoms with van der Waals surface area (Å²) >= 11 is 1.23. The molecule has 0 unspecified atom stereocenters. The number of ether oxygens (including phenoxy) is 2. The molecule has 3 heterocycles. The number of carbonyl (C=O) groups excluding carboxylic acids is 1. The monoisotopic (exact) mass is 483 g/mol. The maximum atomic E-state index is 12.2. The van der Waals surface area contributed by atoms with E-state index in [1.807, 2.05) is 30.3 Å². The molecule has 0 saturated carbocycles. The summed E-state index contributed by atoms with van der Waals surface area (Å²) in [4.78, 5) is 28.7. The van der Waals surface area contributed by atoms with Crippen LogP contribution in [0.3, 0.4) is 0 Å². The maximum absolute atomic E-state index is 12.2. The molecule has 0 radical (unpaired) electrons. The van der Waals surface area contributed by atoms with Crippen molar-refractivity contribution in [3.05, 3.63) is 46.5 Å². The summed E-state index contributed by atoms with van der Waals surface area (Å²) in [5, 5.41) is 10.5. The number of nitrogens with zero attached hydrogens (tertiary/aromatic N) is 4. The zero-order valence-corrected chi connectivity index (χ0v) is 20.4. The standard InChI is InChI=1S/C23H29N7O3S/c1-4-33-21(31)20-15(2)26-23(34-20)29-22-27-18(13-19(28-22)30-10-8-24-9-11-30)25-14-16-6-5-7-17(12-16)32-3/h5-7,12-13,24H,4,8-11,14H2,1-3H3,(H2,25,26,27,28,29). The minimum atomic E-state index is -0.373. The van der Waals surface area contributed by atoms with Crippen molar-refractivity contribution in [2.45, 2.75) is 20.4 Å². The SMILES string of the molecule is CCOC(=O)c1sc(Nc2nc(NCc3cccc(OC)c3)cc(N3CCNCC3)n2)nc1C. The van der Waals surface area contributed by atoms with Crippen LogP contribution in [0.25, 0.3) is 0 Å². The highest BCUT2D eigenvalue weighted by molar-refractivity contribution is 7.17. The summed E-state index contributed by atoms with van der Waals surface area (Å²) in [6.45, 7) is 7.97. The maximum Gasteiger partial charge on any atom is 0.350 e. The Balaban J connectivity index is 1.57. The van der Waals surface area contributed by atoms with Crippen molar-refractivity contribution < 1.29 is 14.3 Å². The molecule has 3 aromatic rings. The normalized spacial score (nSPS) is 13.4. The van der Waals surface area contributed by atoms with Crippen LogP contribution in [0.4, 0.5) is 22.7 Å². The predicted octanol–water partition coefficient (Wildman–Crippen LogP) is 3.19. The van der Waals surface area contributed by atoms with Crippen molar-refractivity contribution in [2.24, 2.45) is 0 Å². The van der Waals surface area contributed by atoms with E-state index in [4.69, 9.17) is 14.5 Å². The highest BCUT2D eigenvalue weighted by atomic mass is 32.1. The first-order valence-electron chi connectivity index (χ1n) is 11.2. The molecule has 0 atom stereocenters. The first-order chi connectivity index (χ1) is 16.6. The van der Waals surface area contributed by atoms with Gasteiger partial charge in [-0.1, -0.05) is 23.5 Å². The minimum absolute atomic E-state index is 0.317. The number of benzene rings is 1. The summed E-state index contributed by atoms with van der Waals surface area (Å²) < 4.78 is 10.4. The zero-order chi connectivity index (χ0) is 23.9. The molecule has 0 bridgehead atoms. The largest absolute Gasteiger partial charge is 0.497 e. The summed E-state index contributed by atoms with van der Waals surface area (Å²) in [6, 6.07) is 9.84. The summed E-state index contributed by atoms with van der Waals surface area (Å²) in [7, 11) is 1.66. The number of piperazine rings is 1. The molecule has 1 saturated heterocycles. The van der Waals surface area contributed by atoms with E-state index in [0.717, 1.165) is 43.3 Å². The predicted molar refractivity (Wildman–Crippen MR) is 134 cm³/mol. The summed E-state index contributed by atoms with van der Waals surface area (Å²) in [6.07, 6.45) is 0. The van der Waals surface area contributed by atoms with Gasteiger partial charge in [-0.2, -0.15) is 9.97 Å². The Labute approximate surface area is 202 Å². The molecule has 1 fully saturated rings. The number of esters is 1. The quantitative estimate of drug-likeness (QED) is 0.392. The van der Waals surface area contributed by atoms with Gasteiger partial charge in [0.1, 0.15) is 22.3 Å². The number of hydrogen-bond donors (Lipinski definition) is 3. The number of hydrogen-bond acceptors (Lipinski definition) is 11. The molecule has 2 aromatic heterocycles. The van der Waals surface area contributed by atoms with E-state index in [1.54, 1.807) is 21.0 Å². The van der Waals surface area contributed by atoms with Crippen molar-refractivity contribution in [3.8, 4) is 5.75 Å². The van der Waals surface area contributed by atoms with Crippen LogP contribution in [0.1, 0.15) is 27.9 Å². The van der Waals surface area contributed by atoms with Crippen LogP contribution in [0.15, 0.2) is 30.3 Å². The van der Waals surface area contributed by atoms with Crippen LogP contribution in [0, 0.1) is 6.92 Å². The number of thiazole rings is 1. The van der Waals surface area contributed by atoms with Gasteiger partial charge in [0.05, 0.1) is 19.4 Å². The Morgan fingerprint density at radius 2 is 2.03 bits per heavy atom. The van der Waals surface area contributed by atoms with Crippen molar-refractivity contribution in [1.82, 2.24) is 20.3 Å². The summed E-state index contributed by atoms with van der Waals surface area (Å²) in [5.41, 5.74) is 1.69. The third-order valence-electron chi connectivity index (χ3n) is 5.24. The average Bonchev–Trinajstić information content (AvgIpc) is 3.23. The van der Waals surface area contributed by atoms with Crippen molar-refractivity contribution >= 4 is 40.0 Å². The second kappa shape index (κ2) is 11.1. The van der Waals surface area contributed by atoms with Gasteiger partial charge in [-0.15, -0.1) is 0 Å². The first-order valence-corrected chi connectivity index (χ1v) is 12.0. The molecule has 11 heteroatoms. The topological polar surface area (TPSA) is 114 Å². The molecule has 34 heavy (non-hydrogen) atoms. The molecule has 180 valence electrons. The molecule has 4 rings (SSSR count). The molecule has 0 aliphatic carbocycles. The number of aromatic nitrogens is 3. The van der Waals surface area contributed by atoms with Gasteiger partial charge in [0, 0.05) is 38.8 Å². The molecule has 1 aliphatic rings. The van der Waals surface area contributed by atoms with E-state index in [9.17, 15) is 4.79 Å². The fourth-order valence-electron chi connectivity index (χ4n) is 3.54. The third-order valence-corrected chi connectivity index (χ3v) is 6.29. The van der Waals surface area contributed by atoms with Gasteiger partial charge in [-0.3, -0.25) is 5.32 Å². The van der Waals surface area contributed by atoms with Gasteiger partial charge in [0.15, 0.2) is 5.13 Å². The van der Waals surface area contributed by atoms with Gasteiger partial charge < -0.3 is 25.0 Å². The molecule has 3 N–H and O–H groups in total. The molecular weight excluding hydrogens is 454 g/mol. The van der Waals surface area contributed by atoms with Crippen molar-refractivity contribution in [1.29, 1.82) is 0 Å². The average molecular weight is 484 g/mol. The molecule has 0 spiro atoms. The van der Waals surface area contributed by atoms with Gasteiger partial charge in [0.25, 0.3) is 0 Å². The lowest BCUT2D eigenvalue weighted by Gasteiger charge is -2.28. The van der Waals surface area contributed by atoms with Crippen molar-refractivity contribution in [3.63, 3.8) is 0 Å². The van der Waals surface area contributed by atoms with Crippen LogP contribution in [0.5, 0.6) is 5.75 Å². The highest BCUT2D eigenvalue weighted by Crippen LogP contribution is 2.27. The Kier molecular flexibility index (Phi) is 7.76. The van der Waals surface area contributed by atoms with Gasteiger partial charge in [0.2, 0.25) is 5.95 Å². The van der Waals surface area contributed by atoms with Crippen LogP contribution >= 0.6 is 11.3 Å². The van der Waals surface area contributed by atoms with Crippen LogP contribution in [-0.2, 0) is 11.3 Å². The molecule has 1 aliphatic heterocycles. The van der Waals surface area contributed by atoms with E-state index in [1.165, 1.54) is 11.3 Å². The Morgan fingerprint density at radius 3 is 2.79 bits per heavy atom. The van der Waals surface area contributed by atoms with E-state index in [-0.39, 0.29) is 5.97 Å². The molecular formula is C23H29N7O3S. The van der Waals surface area contributed by atoms with Crippen LogP contribution in [-0.4, -0.2) is 60.8 Å². The lowest BCUT2D eigenvalue weighted by Crippen LogP contribution is -2.44. The third kappa shape index (κ3) is 5.91. The van der Waals surface area contributed by atoms with Crippen LogP contribution in [0.2, 0.25) is 0 Å². The zero-order valence-electron chi connectivity index (χ0n) is 19.6. The lowest BCUT2D eigenvalue weighted by molar-refractivity contribution is 0.0531. The fourth-order valence-corrected chi connectivity index (χ4v) is 4.40. The lowest BCUT2D eigenvalue weighted by atomic mass is 10.2. The van der Waals surface area contributed by atoms with Gasteiger partial charge >= 0.3 is 5.97 Å². The smallest absolute Gasteiger partial charge is 0.350 e. The second-order valence-corrected chi connectivity index (χ2v) is 8.66.